The first kappa shape index (κ1) is 15.9. The summed E-state index contributed by atoms with van der Waals surface area (Å²) in [6.45, 7) is 1.24. The fourth-order valence-electron chi connectivity index (χ4n) is 2.24. The van der Waals surface area contributed by atoms with Crippen LogP contribution < -0.4 is 56.5 Å². The first-order chi connectivity index (χ1) is 7.27. The van der Waals surface area contributed by atoms with E-state index < -0.39 is 37.9 Å². The van der Waals surface area contributed by atoms with Crippen LogP contribution >= 0.6 is 11.6 Å². The van der Waals surface area contributed by atoms with Crippen LogP contribution in [0.1, 0.15) is 13.3 Å². The van der Waals surface area contributed by atoms with E-state index in [1.807, 2.05) is 0 Å². The molecule has 0 radical (unpaired) electrons. The minimum atomic E-state index is -3.75. The van der Waals surface area contributed by atoms with Crippen LogP contribution in [0.25, 0.3) is 0 Å². The fourth-order valence-corrected chi connectivity index (χ4v) is 5.04. The number of amides is 1. The van der Waals surface area contributed by atoms with Crippen molar-refractivity contribution in [2.24, 2.45) is 0 Å². The van der Waals surface area contributed by atoms with Crippen LogP contribution in [0.15, 0.2) is 0 Å². The minimum Gasteiger partial charge on any atom is -0.548 e. The van der Waals surface area contributed by atoms with Crippen LogP contribution in [0.3, 0.4) is 0 Å². The summed E-state index contributed by atoms with van der Waals surface area (Å²) in [4.78, 5) is 23.1. The van der Waals surface area contributed by atoms with E-state index in [1.165, 1.54) is 6.92 Å². The Morgan fingerprint density at radius 2 is 2.18 bits per heavy atom. The molecule has 2 fully saturated rings. The van der Waals surface area contributed by atoms with E-state index in [2.05, 4.69) is 0 Å². The minimum absolute atomic E-state index is 0. The molecule has 2 saturated heterocycles. The molecule has 0 unspecified atom stereocenters. The Labute approximate surface area is 146 Å². The third-order valence-electron chi connectivity index (χ3n) is 3.30. The third-order valence-corrected chi connectivity index (χ3v) is 6.79. The number of nitrogens with zero attached hydrogens (tertiary/aromatic N) is 1. The van der Waals surface area contributed by atoms with Crippen LogP contribution in [0.2, 0.25) is 0 Å². The van der Waals surface area contributed by atoms with Gasteiger partial charge in [-0.2, -0.15) is 0 Å². The van der Waals surface area contributed by atoms with E-state index in [4.69, 9.17) is 11.6 Å². The Morgan fingerprint density at radius 1 is 1.65 bits per heavy atom. The number of hydrogen-bond acceptors (Lipinski definition) is 5. The molecule has 6 nitrogen and oxygen atoms in total. The smallest absolute Gasteiger partial charge is 0.548 e. The average Bonchev–Trinajstić information content (AvgIpc) is 2.32. The molecule has 2 aliphatic heterocycles. The zero-order valence-electron chi connectivity index (χ0n) is 9.34. The van der Waals surface area contributed by atoms with Crippen molar-refractivity contribution in [3.8, 4) is 0 Å². The van der Waals surface area contributed by atoms with Gasteiger partial charge >= 0.3 is 51.4 Å². The van der Waals surface area contributed by atoms with Crippen molar-refractivity contribution in [3.63, 3.8) is 0 Å². The number of rotatable bonds is 2. The van der Waals surface area contributed by atoms with Gasteiger partial charge in [-0.15, -0.1) is 11.6 Å². The summed E-state index contributed by atoms with van der Waals surface area (Å²) in [6, 6.07) is -1.48. The van der Waals surface area contributed by atoms with Gasteiger partial charge in [-0.1, -0.05) is 0 Å². The van der Waals surface area contributed by atoms with Crippen molar-refractivity contribution in [1.29, 1.82) is 0 Å². The number of carbonyl (C=O) groups excluding carboxylic acids is 2. The molecule has 0 saturated carbocycles. The van der Waals surface area contributed by atoms with Gasteiger partial charge in [0.2, 0.25) is 5.91 Å². The zero-order chi connectivity index (χ0) is 12.3. The normalized spacial score (nSPS) is 38.0. The van der Waals surface area contributed by atoms with Gasteiger partial charge in [0.05, 0.1) is 18.4 Å². The predicted molar refractivity (Wildman–Crippen MR) is 52.1 cm³/mol. The van der Waals surface area contributed by atoms with Crippen LogP contribution in [0, 0.1) is 0 Å². The van der Waals surface area contributed by atoms with E-state index in [1.54, 1.807) is 0 Å². The summed E-state index contributed by atoms with van der Waals surface area (Å²) < 4.78 is 22.3. The summed E-state index contributed by atoms with van der Waals surface area (Å²) in [6.07, 6.45) is -0.168. The number of β-lactam (4-membered cyclic amide) rings is 1. The summed E-state index contributed by atoms with van der Waals surface area (Å²) >= 11 is 5.57. The van der Waals surface area contributed by atoms with Crippen molar-refractivity contribution in [3.05, 3.63) is 0 Å². The third kappa shape index (κ3) is 1.84. The van der Waals surface area contributed by atoms with Crippen molar-refractivity contribution < 1.29 is 74.5 Å². The molecule has 0 spiro atoms. The van der Waals surface area contributed by atoms with Crippen molar-refractivity contribution in [2.45, 2.75) is 29.5 Å². The summed E-state index contributed by atoms with van der Waals surface area (Å²) in [5.41, 5.74) is 0. The Balaban J connectivity index is 0.00000144. The van der Waals surface area contributed by atoms with Gasteiger partial charge in [-0.05, 0) is 6.92 Å². The standard InChI is InChI=1S/C8H10ClNO5S.K/c1-8(3-9)6(7(12)13)10-4(11)2-5(10)16(8,14)15;/h5-6H,2-3H2,1H3,(H,12,13);/q;+1/p-1/t5-,6+,8+;/m1./s1. The second-order valence-electron chi connectivity index (χ2n) is 4.17. The number of aliphatic carboxylic acids is 1. The van der Waals surface area contributed by atoms with Gasteiger partial charge in [-0.3, -0.25) is 4.79 Å². The van der Waals surface area contributed by atoms with Gasteiger partial charge in [0, 0.05) is 5.88 Å². The Morgan fingerprint density at radius 3 is 2.53 bits per heavy atom. The molecule has 3 atom stereocenters. The second-order valence-corrected chi connectivity index (χ2v) is 7.01. The molecule has 2 aliphatic rings. The van der Waals surface area contributed by atoms with Crippen molar-refractivity contribution in [2.75, 3.05) is 5.88 Å². The molecule has 0 bridgehead atoms. The summed E-state index contributed by atoms with van der Waals surface area (Å²) in [5.74, 6) is -2.45. The number of halogens is 1. The maximum Gasteiger partial charge on any atom is 1.00 e. The quantitative estimate of drug-likeness (QED) is 0.289. The van der Waals surface area contributed by atoms with Crippen LogP contribution in [-0.2, 0) is 19.4 Å². The molecule has 90 valence electrons. The molecule has 9 heteroatoms. The Hall–Kier alpha value is 0.816. The van der Waals surface area contributed by atoms with Gasteiger partial charge < -0.3 is 14.8 Å². The predicted octanol–water partition coefficient (Wildman–Crippen LogP) is -4.91. The van der Waals surface area contributed by atoms with E-state index in [0.717, 1.165) is 4.90 Å². The van der Waals surface area contributed by atoms with E-state index in [0.29, 0.717) is 0 Å². The number of carbonyl (C=O) groups is 2. The Bertz CT molecular complexity index is 480. The largest absolute Gasteiger partial charge is 1.00 e. The second kappa shape index (κ2) is 4.73. The van der Waals surface area contributed by atoms with E-state index >= 15 is 0 Å². The number of fused-ring (bicyclic) bond motifs is 1. The molecular weight excluding hydrogens is 297 g/mol. The molecule has 0 aromatic heterocycles. The van der Waals surface area contributed by atoms with Crippen LogP contribution in [0.4, 0.5) is 0 Å². The SMILES string of the molecule is C[C@]1(CCl)[C@H](C(=O)[O-])N2C(=O)C[C@H]2S1(=O)=O.[K+]. The molecule has 17 heavy (non-hydrogen) atoms. The van der Waals surface area contributed by atoms with Crippen molar-refractivity contribution in [1.82, 2.24) is 4.90 Å². The van der Waals surface area contributed by atoms with E-state index in [-0.39, 0.29) is 63.7 Å². The molecule has 0 aromatic carbocycles. The molecule has 0 aromatic rings. The molecule has 0 aliphatic carbocycles. The summed E-state index contributed by atoms with van der Waals surface area (Å²) in [5, 5.41) is 9.92. The first-order valence-corrected chi connectivity index (χ1v) is 6.67. The fraction of sp³-hybridized carbons (Fsp3) is 0.750. The topological polar surface area (TPSA) is 94.6 Å². The monoisotopic (exact) mass is 305 g/mol. The number of carboxylic acids is 1. The van der Waals surface area contributed by atoms with Gasteiger partial charge in [0.1, 0.15) is 10.1 Å². The molecule has 0 N–H and O–H groups in total. The Kier molecular flexibility index (Phi) is 4.42. The summed E-state index contributed by atoms with van der Waals surface area (Å²) in [7, 11) is -3.75. The van der Waals surface area contributed by atoms with Crippen molar-refractivity contribution >= 4 is 33.3 Å². The van der Waals surface area contributed by atoms with Gasteiger partial charge in [0.25, 0.3) is 0 Å². The maximum absolute atomic E-state index is 12.0. The molecule has 2 heterocycles. The number of sulfone groups is 1. The van der Waals surface area contributed by atoms with E-state index in [9.17, 15) is 23.1 Å². The first-order valence-electron chi connectivity index (χ1n) is 4.59. The van der Waals surface area contributed by atoms with Gasteiger partial charge in [-0.25, -0.2) is 8.42 Å². The molecule has 1 amide bonds. The van der Waals surface area contributed by atoms with Crippen LogP contribution in [-0.4, -0.2) is 47.2 Å². The number of carboxylic acid groups (broad SMARTS) is 1. The maximum atomic E-state index is 12.0. The average molecular weight is 306 g/mol. The molecule has 2 rings (SSSR count). The number of alkyl halides is 1. The zero-order valence-corrected chi connectivity index (χ0v) is 14.0. The number of hydrogen-bond donors (Lipinski definition) is 0. The van der Waals surface area contributed by atoms with Crippen LogP contribution in [0.5, 0.6) is 0 Å². The van der Waals surface area contributed by atoms with Gasteiger partial charge in [0.15, 0.2) is 9.84 Å². The molecular formula is C8H9ClKNO5S.